The molecule has 0 fully saturated rings. The number of unbranched alkanes of at least 4 members (excludes halogenated alkanes) is 1. The van der Waals surface area contributed by atoms with Gasteiger partial charge >= 0.3 is 0 Å². The largest absolute Gasteiger partial charge is 0.460 e. The number of nitrogens with one attached hydrogen (secondary N) is 1. The van der Waals surface area contributed by atoms with Gasteiger partial charge in [0, 0.05) is 13.0 Å². The molecule has 0 bridgehead atoms. The second kappa shape index (κ2) is 6.67. The molecule has 0 saturated carbocycles. The lowest BCUT2D eigenvalue weighted by Gasteiger charge is -2.05. The first-order valence-corrected chi connectivity index (χ1v) is 7.57. The number of aromatic nitrogens is 4. The van der Waals surface area contributed by atoms with Gasteiger partial charge in [-0.1, -0.05) is 0 Å². The summed E-state index contributed by atoms with van der Waals surface area (Å²) < 4.78 is 7.35. The molecule has 9 nitrogen and oxygen atoms in total. The van der Waals surface area contributed by atoms with Crippen LogP contribution >= 0.6 is 0 Å². The zero-order valence-corrected chi connectivity index (χ0v) is 13.2. The maximum atomic E-state index is 11.0. The fourth-order valence-corrected chi connectivity index (χ4v) is 2.49. The lowest BCUT2D eigenvalue weighted by atomic mass is 10.2. The third kappa shape index (κ3) is 3.20. The molecular weight excluding hydrogens is 312 g/mol. The summed E-state index contributed by atoms with van der Waals surface area (Å²) in [6, 6.07) is 3.69. The van der Waals surface area contributed by atoms with E-state index in [4.69, 9.17) is 15.4 Å². The van der Waals surface area contributed by atoms with Crippen molar-refractivity contribution in [2.75, 3.05) is 5.73 Å². The van der Waals surface area contributed by atoms with E-state index in [1.54, 1.807) is 16.4 Å². The first kappa shape index (κ1) is 15.9. The monoisotopic (exact) mass is 330 g/mol. The summed E-state index contributed by atoms with van der Waals surface area (Å²) in [4.78, 5) is 19.5. The number of furan rings is 1. The van der Waals surface area contributed by atoms with E-state index in [9.17, 15) is 4.79 Å². The predicted molar refractivity (Wildman–Crippen MR) is 86.0 cm³/mol. The quantitative estimate of drug-likeness (QED) is 0.355. The van der Waals surface area contributed by atoms with E-state index < -0.39 is 5.91 Å². The summed E-state index contributed by atoms with van der Waals surface area (Å²) in [5.41, 5.74) is 8.67. The highest BCUT2D eigenvalue weighted by atomic mass is 16.5. The molecule has 0 atom stereocenters. The molecule has 3 rings (SSSR count). The van der Waals surface area contributed by atoms with E-state index in [0.29, 0.717) is 36.5 Å². The average molecular weight is 330 g/mol. The number of anilines is 1. The number of aryl methyl sites for hydroxylation is 2. The molecule has 3 aromatic heterocycles. The van der Waals surface area contributed by atoms with E-state index >= 15 is 0 Å². The van der Waals surface area contributed by atoms with Crippen molar-refractivity contribution in [2.45, 2.75) is 32.7 Å². The lowest BCUT2D eigenvalue weighted by molar-refractivity contribution is -0.129. The van der Waals surface area contributed by atoms with Gasteiger partial charge in [0.2, 0.25) is 11.9 Å². The summed E-state index contributed by atoms with van der Waals surface area (Å²) in [7, 11) is 0. The Kier molecular flexibility index (Phi) is 4.43. The third-order valence-corrected chi connectivity index (χ3v) is 3.64. The van der Waals surface area contributed by atoms with Gasteiger partial charge in [-0.15, -0.1) is 0 Å². The number of nitrogens with zero attached hydrogens (tertiary/aromatic N) is 4. The number of rotatable bonds is 6. The fraction of sp³-hybridized carbons (Fsp3) is 0.333. The summed E-state index contributed by atoms with van der Waals surface area (Å²) >= 11 is 0. The second-order valence-electron chi connectivity index (χ2n) is 5.44. The molecule has 4 N–H and O–H groups in total. The topological polar surface area (TPSA) is 132 Å². The van der Waals surface area contributed by atoms with Gasteiger partial charge in [0.1, 0.15) is 11.5 Å². The van der Waals surface area contributed by atoms with Crippen LogP contribution in [0.4, 0.5) is 5.95 Å². The van der Waals surface area contributed by atoms with Gasteiger partial charge in [-0.2, -0.15) is 10.1 Å². The molecule has 126 valence electrons. The average Bonchev–Trinajstić information content (AvgIpc) is 3.17. The maximum absolute atomic E-state index is 11.0. The lowest BCUT2D eigenvalue weighted by Crippen LogP contribution is -2.18. The number of nitrogens with two attached hydrogens (primary N) is 1. The molecular formula is C15H18N6O3. The molecule has 0 aliphatic heterocycles. The van der Waals surface area contributed by atoms with E-state index in [1.807, 2.05) is 19.1 Å². The van der Waals surface area contributed by atoms with Gasteiger partial charge in [0.05, 0.1) is 11.6 Å². The highest BCUT2D eigenvalue weighted by molar-refractivity contribution is 5.89. The highest BCUT2D eigenvalue weighted by Crippen LogP contribution is 2.28. The van der Waals surface area contributed by atoms with Gasteiger partial charge in [0.15, 0.2) is 11.4 Å². The van der Waals surface area contributed by atoms with Crippen LogP contribution in [0.3, 0.4) is 0 Å². The van der Waals surface area contributed by atoms with Crippen molar-refractivity contribution in [3.63, 3.8) is 0 Å². The Balaban J connectivity index is 1.84. The van der Waals surface area contributed by atoms with E-state index in [2.05, 4.69) is 15.1 Å². The number of amides is 1. The second-order valence-corrected chi connectivity index (χ2v) is 5.44. The normalized spacial score (nSPS) is 11.1. The van der Waals surface area contributed by atoms with Crippen molar-refractivity contribution in [3.05, 3.63) is 24.1 Å². The van der Waals surface area contributed by atoms with Crippen LogP contribution in [0, 0.1) is 6.92 Å². The van der Waals surface area contributed by atoms with Crippen molar-refractivity contribution in [1.29, 1.82) is 0 Å². The Morgan fingerprint density at radius 3 is 2.92 bits per heavy atom. The number of carbonyl (C=O) groups excluding carboxylic acids is 1. The van der Waals surface area contributed by atoms with Crippen molar-refractivity contribution < 1.29 is 14.4 Å². The molecule has 9 heteroatoms. The van der Waals surface area contributed by atoms with Gasteiger partial charge in [-0.05, 0) is 31.9 Å². The van der Waals surface area contributed by atoms with Crippen LogP contribution in [0.2, 0.25) is 0 Å². The number of hydrogen-bond donors (Lipinski definition) is 3. The van der Waals surface area contributed by atoms with Crippen molar-refractivity contribution in [2.24, 2.45) is 0 Å². The van der Waals surface area contributed by atoms with Crippen LogP contribution in [-0.4, -0.2) is 30.9 Å². The third-order valence-electron chi connectivity index (χ3n) is 3.64. The number of hydrogen-bond acceptors (Lipinski definition) is 7. The minimum Gasteiger partial charge on any atom is -0.460 e. The molecule has 24 heavy (non-hydrogen) atoms. The SMILES string of the molecule is Cc1ccc(-c2nc(N)nc3c2cnn3CCCCC(=O)NO)o1. The molecule has 0 unspecified atom stereocenters. The molecule has 0 aromatic carbocycles. The van der Waals surface area contributed by atoms with Crippen LogP contribution in [0.1, 0.15) is 25.0 Å². The van der Waals surface area contributed by atoms with Crippen LogP contribution in [0.5, 0.6) is 0 Å². The standard InChI is InChI=1S/C15H18N6O3/c1-9-5-6-11(24-9)13-10-8-17-21(14(10)19-15(16)18-13)7-3-2-4-12(22)20-23/h5-6,8,23H,2-4,7H2,1H3,(H,20,22)(H2,16,18,19). The number of carbonyl (C=O) groups is 1. The molecule has 3 aromatic rings. The van der Waals surface area contributed by atoms with Crippen LogP contribution < -0.4 is 11.2 Å². The number of fused-ring (bicyclic) bond motifs is 1. The minimum absolute atomic E-state index is 0.146. The van der Waals surface area contributed by atoms with Crippen molar-refractivity contribution in [1.82, 2.24) is 25.2 Å². The maximum Gasteiger partial charge on any atom is 0.243 e. The van der Waals surface area contributed by atoms with Gasteiger partial charge in [-0.3, -0.25) is 10.0 Å². The van der Waals surface area contributed by atoms with E-state index in [1.165, 1.54) is 0 Å². The Morgan fingerprint density at radius 2 is 2.21 bits per heavy atom. The van der Waals surface area contributed by atoms with Gasteiger partial charge in [-0.25, -0.2) is 15.1 Å². The zero-order chi connectivity index (χ0) is 17.1. The molecule has 0 spiro atoms. The first-order valence-electron chi connectivity index (χ1n) is 7.57. The molecule has 1 amide bonds. The number of hydroxylamine groups is 1. The first-order chi connectivity index (χ1) is 11.6. The Labute approximate surface area is 137 Å². The van der Waals surface area contributed by atoms with Crippen LogP contribution in [0.15, 0.2) is 22.7 Å². The Morgan fingerprint density at radius 1 is 1.38 bits per heavy atom. The molecule has 3 heterocycles. The van der Waals surface area contributed by atoms with Crippen LogP contribution in [0.25, 0.3) is 22.5 Å². The predicted octanol–water partition coefficient (Wildman–Crippen LogP) is 1.65. The zero-order valence-electron chi connectivity index (χ0n) is 13.2. The highest BCUT2D eigenvalue weighted by Gasteiger charge is 2.15. The smallest absolute Gasteiger partial charge is 0.243 e. The number of nitrogen functional groups attached to an aromatic ring is 1. The van der Waals surface area contributed by atoms with Crippen molar-refractivity contribution >= 4 is 22.9 Å². The molecule has 0 saturated heterocycles. The molecule has 0 radical (unpaired) electrons. The van der Waals surface area contributed by atoms with E-state index in [0.717, 1.165) is 11.1 Å². The van der Waals surface area contributed by atoms with Crippen molar-refractivity contribution in [3.8, 4) is 11.5 Å². The van der Waals surface area contributed by atoms with E-state index in [-0.39, 0.29) is 12.4 Å². The molecule has 0 aliphatic rings. The van der Waals surface area contributed by atoms with Gasteiger partial charge in [0.25, 0.3) is 0 Å². The van der Waals surface area contributed by atoms with Gasteiger partial charge < -0.3 is 10.2 Å². The summed E-state index contributed by atoms with van der Waals surface area (Å²) in [5, 5.41) is 13.6. The summed E-state index contributed by atoms with van der Waals surface area (Å²) in [5.74, 6) is 1.14. The minimum atomic E-state index is -0.401. The summed E-state index contributed by atoms with van der Waals surface area (Å²) in [6.07, 6.45) is 3.27. The van der Waals surface area contributed by atoms with Crippen LogP contribution in [-0.2, 0) is 11.3 Å². The molecule has 0 aliphatic carbocycles. The Hall–Kier alpha value is -2.94. The fourth-order valence-electron chi connectivity index (χ4n) is 2.49. The Bertz CT molecular complexity index is 869. The summed E-state index contributed by atoms with van der Waals surface area (Å²) in [6.45, 7) is 2.44.